The molecule has 0 aliphatic rings. The Bertz CT molecular complexity index is 128. The molecule has 89 valence electrons. The van der Waals surface area contributed by atoms with E-state index in [1.54, 1.807) is 0 Å². The lowest BCUT2D eigenvalue weighted by molar-refractivity contribution is 0.0334. The number of hydrogen-bond donors (Lipinski definition) is 0. The molecule has 0 aliphatic carbocycles. The SMILES string of the molecule is CCCCCCOCCOCCO[C]=O. The number of unbranched alkanes of at least 4 members (excludes halogenated alkanes) is 3. The lowest BCUT2D eigenvalue weighted by Gasteiger charge is -2.04. The third kappa shape index (κ3) is 13.4. The molecule has 0 atom stereocenters. The predicted octanol–water partition coefficient (Wildman–Crippen LogP) is 1.68. The van der Waals surface area contributed by atoms with E-state index in [9.17, 15) is 4.79 Å². The van der Waals surface area contributed by atoms with Crippen molar-refractivity contribution in [3.05, 3.63) is 0 Å². The predicted molar refractivity (Wildman–Crippen MR) is 57.4 cm³/mol. The maximum absolute atomic E-state index is 9.64. The molecule has 4 nitrogen and oxygen atoms in total. The minimum atomic E-state index is 0.264. The van der Waals surface area contributed by atoms with E-state index in [0.29, 0.717) is 19.8 Å². The molecule has 0 saturated heterocycles. The van der Waals surface area contributed by atoms with Gasteiger partial charge in [-0.25, -0.2) is 4.79 Å². The quantitative estimate of drug-likeness (QED) is 0.467. The summed E-state index contributed by atoms with van der Waals surface area (Å²) in [4.78, 5) is 9.64. The zero-order valence-corrected chi connectivity index (χ0v) is 9.50. The van der Waals surface area contributed by atoms with Crippen molar-refractivity contribution in [2.24, 2.45) is 0 Å². The van der Waals surface area contributed by atoms with Crippen LogP contribution >= 0.6 is 0 Å². The van der Waals surface area contributed by atoms with Crippen molar-refractivity contribution in [2.45, 2.75) is 32.6 Å². The Labute approximate surface area is 91.9 Å². The molecule has 0 N–H and O–H groups in total. The second kappa shape index (κ2) is 13.4. The molecule has 0 heterocycles. The van der Waals surface area contributed by atoms with Gasteiger partial charge in [0.1, 0.15) is 6.61 Å². The van der Waals surface area contributed by atoms with E-state index in [4.69, 9.17) is 9.47 Å². The molecule has 15 heavy (non-hydrogen) atoms. The Morgan fingerprint density at radius 3 is 2.20 bits per heavy atom. The second-order valence-electron chi connectivity index (χ2n) is 3.22. The topological polar surface area (TPSA) is 44.8 Å². The lowest BCUT2D eigenvalue weighted by atomic mass is 10.2. The molecule has 0 aromatic heterocycles. The first-order valence-corrected chi connectivity index (χ1v) is 5.56. The summed E-state index contributed by atoms with van der Waals surface area (Å²) in [6.45, 7) is 6.17. The molecule has 0 fully saturated rings. The highest BCUT2D eigenvalue weighted by molar-refractivity contribution is 5.37. The fraction of sp³-hybridized carbons (Fsp3) is 0.909. The van der Waals surface area contributed by atoms with E-state index in [2.05, 4.69) is 11.7 Å². The molecule has 0 aromatic carbocycles. The Morgan fingerprint density at radius 2 is 1.53 bits per heavy atom. The molecule has 0 spiro atoms. The van der Waals surface area contributed by atoms with Crippen molar-refractivity contribution in [1.82, 2.24) is 0 Å². The van der Waals surface area contributed by atoms with Crippen molar-refractivity contribution < 1.29 is 19.0 Å². The average molecular weight is 217 g/mol. The van der Waals surface area contributed by atoms with Gasteiger partial charge in [-0.3, -0.25) is 0 Å². The standard InChI is InChI=1S/C11H21O4/c1-2-3-4-5-6-13-7-8-14-9-10-15-11-12/h2-10H2,1H3. The summed E-state index contributed by atoms with van der Waals surface area (Å²) in [6.07, 6.45) is 4.88. The van der Waals surface area contributed by atoms with Gasteiger partial charge in [0.25, 0.3) is 0 Å². The molecule has 0 rings (SSSR count). The Kier molecular flexibility index (Phi) is 12.8. The Hall–Kier alpha value is -0.610. The molecule has 0 amide bonds. The van der Waals surface area contributed by atoms with Crippen LogP contribution in [0.5, 0.6) is 0 Å². The highest BCUT2D eigenvalue weighted by Gasteiger charge is 1.91. The van der Waals surface area contributed by atoms with Crippen molar-refractivity contribution >= 4 is 6.47 Å². The summed E-state index contributed by atoms with van der Waals surface area (Å²) in [5, 5.41) is 0. The maximum atomic E-state index is 9.64. The first kappa shape index (κ1) is 14.4. The smallest absolute Gasteiger partial charge is 0.417 e. The number of carbonyl (C=O) groups excluding carboxylic acids is 1. The van der Waals surface area contributed by atoms with E-state index < -0.39 is 0 Å². The maximum Gasteiger partial charge on any atom is 0.417 e. The third-order valence-corrected chi connectivity index (χ3v) is 1.90. The van der Waals surface area contributed by atoms with Crippen LogP contribution in [0.15, 0.2) is 0 Å². The minimum Gasteiger partial charge on any atom is -0.455 e. The normalized spacial score (nSPS) is 10.2. The summed E-state index contributed by atoms with van der Waals surface area (Å²) in [5.41, 5.74) is 0. The van der Waals surface area contributed by atoms with E-state index in [0.717, 1.165) is 13.0 Å². The van der Waals surface area contributed by atoms with Crippen molar-refractivity contribution in [1.29, 1.82) is 0 Å². The lowest BCUT2D eigenvalue weighted by Crippen LogP contribution is -2.09. The van der Waals surface area contributed by atoms with Gasteiger partial charge in [0.15, 0.2) is 0 Å². The molecule has 0 saturated carbocycles. The van der Waals surface area contributed by atoms with Gasteiger partial charge in [0, 0.05) is 6.61 Å². The molecular weight excluding hydrogens is 196 g/mol. The van der Waals surface area contributed by atoms with Crippen LogP contribution in [0.4, 0.5) is 0 Å². The average Bonchev–Trinajstić information content (AvgIpc) is 2.26. The monoisotopic (exact) mass is 217 g/mol. The van der Waals surface area contributed by atoms with Crippen LogP contribution in [-0.4, -0.2) is 39.5 Å². The summed E-state index contributed by atoms with van der Waals surface area (Å²) >= 11 is 0. The zero-order valence-electron chi connectivity index (χ0n) is 9.50. The number of rotatable bonds is 12. The summed E-state index contributed by atoms with van der Waals surface area (Å²) < 4.78 is 14.8. The van der Waals surface area contributed by atoms with E-state index in [1.807, 2.05) is 0 Å². The van der Waals surface area contributed by atoms with Gasteiger partial charge < -0.3 is 14.2 Å². The van der Waals surface area contributed by atoms with Gasteiger partial charge >= 0.3 is 6.47 Å². The molecule has 0 unspecified atom stereocenters. The Balaban J connectivity index is 2.83. The van der Waals surface area contributed by atoms with Crippen LogP contribution in [0.25, 0.3) is 0 Å². The van der Waals surface area contributed by atoms with Crippen LogP contribution in [0, 0.1) is 0 Å². The van der Waals surface area contributed by atoms with Gasteiger partial charge in [-0.15, -0.1) is 0 Å². The third-order valence-electron chi connectivity index (χ3n) is 1.90. The summed E-state index contributed by atoms with van der Waals surface area (Å²) in [7, 11) is 0. The fourth-order valence-electron chi connectivity index (χ4n) is 1.10. The van der Waals surface area contributed by atoms with Crippen molar-refractivity contribution in [2.75, 3.05) is 33.0 Å². The fourth-order valence-corrected chi connectivity index (χ4v) is 1.10. The van der Waals surface area contributed by atoms with E-state index in [1.165, 1.54) is 25.7 Å². The van der Waals surface area contributed by atoms with Crippen LogP contribution in [0.3, 0.4) is 0 Å². The minimum absolute atomic E-state index is 0.264. The van der Waals surface area contributed by atoms with Gasteiger partial charge in [-0.2, -0.15) is 0 Å². The molecule has 4 heteroatoms. The molecule has 0 aromatic rings. The van der Waals surface area contributed by atoms with E-state index >= 15 is 0 Å². The largest absolute Gasteiger partial charge is 0.455 e. The first-order chi connectivity index (χ1) is 7.41. The highest BCUT2D eigenvalue weighted by atomic mass is 16.6. The van der Waals surface area contributed by atoms with Gasteiger partial charge in [-0.05, 0) is 6.42 Å². The Morgan fingerprint density at radius 1 is 0.867 bits per heavy atom. The highest BCUT2D eigenvalue weighted by Crippen LogP contribution is 1.98. The first-order valence-electron chi connectivity index (χ1n) is 5.56. The summed E-state index contributed by atoms with van der Waals surface area (Å²) in [6, 6.07) is 0. The van der Waals surface area contributed by atoms with E-state index in [-0.39, 0.29) is 6.61 Å². The van der Waals surface area contributed by atoms with Crippen LogP contribution in [0.1, 0.15) is 32.6 Å². The summed E-state index contributed by atoms with van der Waals surface area (Å²) in [5.74, 6) is 0. The van der Waals surface area contributed by atoms with Gasteiger partial charge in [0.2, 0.25) is 0 Å². The molecule has 0 aliphatic heterocycles. The van der Waals surface area contributed by atoms with Crippen LogP contribution < -0.4 is 0 Å². The van der Waals surface area contributed by atoms with Gasteiger partial charge in [-0.1, -0.05) is 26.2 Å². The van der Waals surface area contributed by atoms with Crippen LogP contribution in [0.2, 0.25) is 0 Å². The number of hydrogen-bond acceptors (Lipinski definition) is 4. The zero-order chi connectivity index (χ0) is 11.2. The second-order valence-corrected chi connectivity index (χ2v) is 3.22. The number of ether oxygens (including phenoxy) is 3. The molecule has 1 radical (unpaired) electrons. The molecule has 0 bridgehead atoms. The van der Waals surface area contributed by atoms with Crippen molar-refractivity contribution in [3.63, 3.8) is 0 Å². The van der Waals surface area contributed by atoms with Gasteiger partial charge in [0.05, 0.1) is 19.8 Å². The van der Waals surface area contributed by atoms with Crippen molar-refractivity contribution in [3.8, 4) is 0 Å². The molecular formula is C11H21O4. The van der Waals surface area contributed by atoms with Crippen LogP contribution in [-0.2, 0) is 19.0 Å².